The first-order chi connectivity index (χ1) is 16.2. The monoisotopic (exact) mass is 473 g/mol. The lowest BCUT2D eigenvalue weighted by Gasteiger charge is -2.37. The van der Waals surface area contributed by atoms with Gasteiger partial charge in [-0.15, -0.1) is 0 Å². The Bertz CT molecular complexity index is 1510. The number of nitrogens with zero attached hydrogens (tertiary/aromatic N) is 5. The van der Waals surface area contributed by atoms with Crippen LogP contribution in [-0.2, 0) is 16.9 Å². The number of pyridine rings is 1. The van der Waals surface area contributed by atoms with E-state index in [1.807, 2.05) is 80.5 Å². The first-order valence-corrected chi connectivity index (χ1v) is 13.1. The lowest BCUT2D eigenvalue weighted by molar-refractivity contribution is 0.185. The van der Waals surface area contributed by atoms with Crippen LogP contribution >= 0.6 is 0 Å². The van der Waals surface area contributed by atoms with Gasteiger partial charge in [0.25, 0.3) is 0 Å². The zero-order valence-corrected chi connectivity index (χ0v) is 20.4. The highest BCUT2D eigenvalue weighted by Crippen LogP contribution is 2.27. The molecule has 1 saturated heterocycles. The van der Waals surface area contributed by atoms with Gasteiger partial charge in [0.05, 0.1) is 40.2 Å². The Morgan fingerprint density at radius 2 is 1.74 bits per heavy atom. The highest BCUT2D eigenvalue weighted by atomic mass is 32.2. The SMILES string of the molecule is Cn1cc(-n2cc(C#CC(C)(C)N3CCS(=O)(=O)CC3)c3ccc(-c4ccccc4)nc32)cn1. The minimum Gasteiger partial charge on any atom is -0.297 e. The summed E-state index contributed by atoms with van der Waals surface area (Å²) in [5.41, 5.74) is 4.11. The summed E-state index contributed by atoms with van der Waals surface area (Å²) < 4.78 is 27.5. The predicted octanol–water partition coefficient (Wildman–Crippen LogP) is 3.29. The molecular weight excluding hydrogens is 446 g/mol. The number of aromatic nitrogens is 4. The second-order valence-electron chi connectivity index (χ2n) is 9.17. The average molecular weight is 474 g/mol. The van der Waals surface area contributed by atoms with E-state index in [4.69, 9.17) is 4.98 Å². The second kappa shape index (κ2) is 8.42. The fourth-order valence-electron chi connectivity index (χ4n) is 4.27. The molecule has 1 fully saturated rings. The molecule has 3 aromatic heterocycles. The number of benzene rings is 1. The number of sulfone groups is 1. The van der Waals surface area contributed by atoms with Crippen LogP contribution in [0.15, 0.2) is 61.1 Å². The van der Waals surface area contributed by atoms with Crippen molar-refractivity contribution in [2.24, 2.45) is 7.05 Å². The quantitative estimate of drug-likeness (QED) is 0.427. The molecule has 0 atom stereocenters. The van der Waals surface area contributed by atoms with E-state index >= 15 is 0 Å². The van der Waals surface area contributed by atoms with Gasteiger partial charge in [-0.1, -0.05) is 42.2 Å². The predicted molar refractivity (Wildman–Crippen MR) is 134 cm³/mol. The molecule has 8 heteroatoms. The van der Waals surface area contributed by atoms with Crippen molar-refractivity contribution >= 4 is 20.9 Å². The molecule has 1 aliphatic rings. The maximum Gasteiger partial charge on any atom is 0.152 e. The van der Waals surface area contributed by atoms with Crippen molar-refractivity contribution in [3.05, 3.63) is 66.6 Å². The molecule has 4 heterocycles. The summed E-state index contributed by atoms with van der Waals surface area (Å²) in [6, 6.07) is 14.2. The zero-order chi connectivity index (χ0) is 23.9. The number of hydrogen-bond acceptors (Lipinski definition) is 5. The van der Waals surface area contributed by atoms with Crippen molar-refractivity contribution in [1.82, 2.24) is 24.2 Å². The Kier molecular flexibility index (Phi) is 5.54. The standard InChI is InChI=1S/C26H27N5O2S/c1-26(2,30-13-15-34(32,33)16-14-30)12-11-21-18-31(22-17-27-29(3)19-22)25-23(21)9-10-24(28-25)20-7-5-4-6-8-20/h4-10,17-19H,13-16H2,1-3H3. The number of hydrogen-bond donors (Lipinski definition) is 0. The number of fused-ring (bicyclic) bond motifs is 1. The van der Waals surface area contributed by atoms with E-state index in [1.165, 1.54) is 0 Å². The van der Waals surface area contributed by atoms with E-state index < -0.39 is 15.4 Å². The molecule has 4 aromatic rings. The van der Waals surface area contributed by atoms with Crippen molar-refractivity contribution in [2.75, 3.05) is 24.6 Å². The molecule has 34 heavy (non-hydrogen) atoms. The van der Waals surface area contributed by atoms with Crippen LogP contribution in [0.3, 0.4) is 0 Å². The maximum absolute atomic E-state index is 11.8. The van der Waals surface area contributed by atoms with Gasteiger partial charge in [-0.25, -0.2) is 13.4 Å². The Morgan fingerprint density at radius 3 is 2.41 bits per heavy atom. The minimum atomic E-state index is -2.93. The minimum absolute atomic E-state index is 0.185. The molecule has 0 radical (unpaired) electrons. The average Bonchev–Trinajstić information content (AvgIpc) is 3.41. The molecule has 5 rings (SSSR count). The molecule has 0 saturated carbocycles. The molecular formula is C26H27N5O2S. The van der Waals surface area contributed by atoms with Crippen LogP contribution in [-0.4, -0.2) is 62.8 Å². The fourth-order valence-corrected chi connectivity index (χ4v) is 5.47. The summed E-state index contributed by atoms with van der Waals surface area (Å²) in [6.45, 7) is 5.10. The molecule has 174 valence electrons. The summed E-state index contributed by atoms with van der Waals surface area (Å²) in [4.78, 5) is 7.13. The van der Waals surface area contributed by atoms with E-state index in [-0.39, 0.29) is 11.5 Å². The Labute approximate surface area is 200 Å². The van der Waals surface area contributed by atoms with Crippen LogP contribution in [0.25, 0.3) is 28.0 Å². The maximum atomic E-state index is 11.8. The Balaban J connectivity index is 1.57. The molecule has 0 bridgehead atoms. The highest BCUT2D eigenvalue weighted by molar-refractivity contribution is 7.91. The zero-order valence-electron chi connectivity index (χ0n) is 19.6. The van der Waals surface area contributed by atoms with E-state index in [0.29, 0.717) is 13.1 Å². The second-order valence-corrected chi connectivity index (χ2v) is 11.5. The van der Waals surface area contributed by atoms with Gasteiger partial charge in [-0.2, -0.15) is 5.10 Å². The van der Waals surface area contributed by atoms with Gasteiger partial charge in [0.15, 0.2) is 9.84 Å². The molecule has 0 unspecified atom stereocenters. The third-order valence-electron chi connectivity index (χ3n) is 6.33. The van der Waals surface area contributed by atoms with Crippen molar-refractivity contribution in [3.63, 3.8) is 0 Å². The molecule has 1 aliphatic heterocycles. The van der Waals surface area contributed by atoms with Crippen LogP contribution in [0.4, 0.5) is 0 Å². The van der Waals surface area contributed by atoms with Crippen LogP contribution in [0.1, 0.15) is 19.4 Å². The Morgan fingerprint density at radius 1 is 1.00 bits per heavy atom. The summed E-state index contributed by atoms with van der Waals surface area (Å²) >= 11 is 0. The number of aryl methyl sites for hydroxylation is 1. The van der Waals surface area contributed by atoms with E-state index in [1.54, 1.807) is 4.68 Å². The summed E-state index contributed by atoms with van der Waals surface area (Å²) in [7, 11) is -1.04. The van der Waals surface area contributed by atoms with Gasteiger partial charge in [0.2, 0.25) is 0 Å². The normalized spacial score (nSPS) is 16.3. The summed E-state index contributed by atoms with van der Waals surface area (Å²) in [6.07, 6.45) is 5.77. The molecule has 0 aliphatic carbocycles. The highest BCUT2D eigenvalue weighted by Gasteiger charge is 2.31. The van der Waals surface area contributed by atoms with Crippen molar-refractivity contribution in [3.8, 4) is 28.8 Å². The van der Waals surface area contributed by atoms with Gasteiger partial charge in [-0.05, 0) is 26.0 Å². The van der Waals surface area contributed by atoms with E-state index in [2.05, 4.69) is 27.9 Å². The topological polar surface area (TPSA) is 73.0 Å². The first-order valence-electron chi connectivity index (χ1n) is 11.3. The van der Waals surface area contributed by atoms with Gasteiger partial charge < -0.3 is 0 Å². The molecule has 0 N–H and O–H groups in total. The molecule has 0 amide bonds. The Hall–Kier alpha value is -3.41. The van der Waals surface area contributed by atoms with Gasteiger partial charge >= 0.3 is 0 Å². The van der Waals surface area contributed by atoms with Crippen molar-refractivity contribution in [2.45, 2.75) is 19.4 Å². The van der Waals surface area contributed by atoms with Crippen LogP contribution in [0, 0.1) is 11.8 Å². The van der Waals surface area contributed by atoms with Gasteiger partial charge in [0, 0.05) is 43.5 Å². The summed E-state index contributed by atoms with van der Waals surface area (Å²) in [5.74, 6) is 7.14. The third kappa shape index (κ3) is 4.37. The van der Waals surface area contributed by atoms with Crippen LogP contribution < -0.4 is 0 Å². The largest absolute Gasteiger partial charge is 0.297 e. The fraction of sp³-hybridized carbons (Fsp3) is 0.308. The van der Waals surface area contributed by atoms with Crippen molar-refractivity contribution in [1.29, 1.82) is 0 Å². The smallest absolute Gasteiger partial charge is 0.152 e. The summed E-state index contributed by atoms with van der Waals surface area (Å²) in [5, 5.41) is 5.29. The van der Waals surface area contributed by atoms with Crippen LogP contribution in [0.2, 0.25) is 0 Å². The molecule has 1 aromatic carbocycles. The van der Waals surface area contributed by atoms with Gasteiger partial charge in [-0.3, -0.25) is 14.1 Å². The van der Waals surface area contributed by atoms with Crippen LogP contribution in [0.5, 0.6) is 0 Å². The molecule has 0 spiro atoms. The molecule has 7 nitrogen and oxygen atoms in total. The lowest BCUT2D eigenvalue weighted by atomic mass is 10.0. The van der Waals surface area contributed by atoms with E-state index in [0.717, 1.165) is 33.5 Å². The number of rotatable bonds is 3. The third-order valence-corrected chi connectivity index (χ3v) is 7.94. The van der Waals surface area contributed by atoms with E-state index in [9.17, 15) is 8.42 Å². The lowest BCUT2D eigenvalue weighted by Crippen LogP contribution is -2.50. The first kappa shape index (κ1) is 22.4. The van der Waals surface area contributed by atoms with Gasteiger partial charge in [0.1, 0.15) is 5.65 Å². The van der Waals surface area contributed by atoms with Crippen molar-refractivity contribution < 1.29 is 8.42 Å².